The molecule has 6 heteroatoms. The van der Waals surface area contributed by atoms with Crippen LogP contribution in [0.5, 0.6) is 0 Å². The maximum Gasteiger partial charge on any atom is 2.00 e. The van der Waals surface area contributed by atoms with Crippen molar-refractivity contribution >= 4 is 11.9 Å². The third-order valence-corrected chi connectivity index (χ3v) is 2.80. The van der Waals surface area contributed by atoms with Crippen molar-refractivity contribution in [3.63, 3.8) is 0 Å². The Kier molecular flexibility index (Phi) is 11.3. The molecule has 1 rings (SSSR count). The third kappa shape index (κ3) is 11.9. The topological polar surface area (TPSA) is 98.4 Å². The van der Waals surface area contributed by atoms with Crippen molar-refractivity contribution < 1.29 is 39.3 Å². The van der Waals surface area contributed by atoms with Crippen LogP contribution >= 0.6 is 0 Å². The Bertz CT molecular complexity index is 246. The minimum absolute atomic E-state index is 0. The average Bonchev–Trinajstić information content (AvgIpc) is 2.10. The van der Waals surface area contributed by atoms with Gasteiger partial charge >= 0.3 is 25.4 Å². The van der Waals surface area contributed by atoms with E-state index in [0.29, 0.717) is 0 Å². The van der Waals surface area contributed by atoms with Gasteiger partial charge in [0, 0.05) is 6.42 Å². The fourth-order valence-electron chi connectivity index (χ4n) is 2.05. The van der Waals surface area contributed by atoms with Crippen LogP contribution in [0.4, 0.5) is 0 Å². The number of carboxylic acid groups (broad SMARTS) is 2. The molecule has 0 aromatic heterocycles. The van der Waals surface area contributed by atoms with Gasteiger partial charge in [-0.3, -0.25) is 16.5 Å². The predicted octanol–water partition coefficient (Wildman–Crippen LogP) is 2.90. The third-order valence-electron chi connectivity index (χ3n) is 2.80. The van der Waals surface area contributed by atoms with Crippen LogP contribution in [0, 0.1) is 6.92 Å². The first-order valence-corrected chi connectivity index (χ1v) is 5.87. The second-order valence-electron chi connectivity index (χ2n) is 4.51. The Balaban J connectivity index is 0. The zero-order valence-corrected chi connectivity index (χ0v) is 13.7. The number of nitrogens with one attached hydrogen (secondary N) is 1. The molecule has 0 bridgehead atoms. The van der Waals surface area contributed by atoms with Crippen LogP contribution in [0.15, 0.2) is 0 Å². The molecule has 0 atom stereocenters. The van der Waals surface area contributed by atoms with Gasteiger partial charge in [0.25, 0.3) is 0 Å². The van der Waals surface area contributed by atoms with Crippen LogP contribution in [-0.2, 0) is 29.1 Å². The van der Waals surface area contributed by atoms with E-state index in [1.54, 1.807) is 0 Å². The SMILES string of the molecule is [CH2-]C(=O)O.[NH-]C1(CC(=O)O)CCCCCCC1.[Zn+2]. The molecule has 0 heterocycles. The van der Waals surface area contributed by atoms with Gasteiger partial charge in [0.1, 0.15) is 0 Å². The molecule has 0 unspecified atom stereocenters. The van der Waals surface area contributed by atoms with Gasteiger partial charge in [0.05, 0.1) is 0 Å². The van der Waals surface area contributed by atoms with Crippen LogP contribution < -0.4 is 0 Å². The van der Waals surface area contributed by atoms with Crippen molar-refractivity contribution in [1.82, 2.24) is 0 Å². The van der Waals surface area contributed by atoms with Gasteiger partial charge in [-0.2, -0.15) is 0 Å². The van der Waals surface area contributed by atoms with E-state index < -0.39 is 17.5 Å². The molecule has 100 valence electrons. The molecular weight excluding hydrogens is 288 g/mol. The van der Waals surface area contributed by atoms with Gasteiger partial charge in [-0.25, -0.2) is 0 Å². The van der Waals surface area contributed by atoms with Crippen LogP contribution in [0.3, 0.4) is 0 Å². The summed E-state index contributed by atoms with van der Waals surface area (Å²) in [6.07, 6.45) is 7.18. The predicted molar refractivity (Wildman–Crippen MR) is 64.6 cm³/mol. The van der Waals surface area contributed by atoms with Crippen molar-refractivity contribution in [2.45, 2.75) is 56.9 Å². The molecule has 0 spiro atoms. The normalized spacial score (nSPS) is 18.1. The minimum atomic E-state index is -1.08. The van der Waals surface area contributed by atoms with Crippen LogP contribution in [0.1, 0.15) is 51.4 Å². The zero-order valence-electron chi connectivity index (χ0n) is 10.8. The summed E-state index contributed by atoms with van der Waals surface area (Å²) in [5.41, 5.74) is 7.33. The first-order chi connectivity index (χ1) is 7.86. The van der Waals surface area contributed by atoms with Crippen LogP contribution in [0.2, 0.25) is 0 Å². The Labute approximate surface area is 121 Å². The molecule has 0 saturated heterocycles. The number of rotatable bonds is 2. The average molecular weight is 309 g/mol. The number of carbonyl (C=O) groups is 2. The molecule has 1 aliphatic carbocycles. The smallest absolute Gasteiger partial charge is 0.671 e. The number of aliphatic carboxylic acids is 2. The molecule has 0 amide bonds. The van der Waals surface area contributed by atoms with Gasteiger partial charge in [-0.1, -0.05) is 44.9 Å². The fraction of sp³-hybridized carbons (Fsp3) is 0.750. The largest absolute Gasteiger partial charge is 2.00 e. The van der Waals surface area contributed by atoms with E-state index in [0.717, 1.165) is 25.7 Å². The summed E-state index contributed by atoms with van der Waals surface area (Å²) < 4.78 is 0. The molecule has 1 fully saturated rings. The second-order valence-corrected chi connectivity index (χ2v) is 4.51. The van der Waals surface area contributed by atoms with Gasteiger partial charge in [0.2, 0.25) is 0 Å². The molecule has 18 heavy (non-hydrogen) atoms. The van der Waals surface area contributed by atoms with Crippen LogP contribution in [0.25, 0.3) is 5.73 Å². The van der Waals surface area contributed by atoms with Gasteiger partial charge in [-0.15, -0.1) is 5.54 Å². The second kappa shape index (κ2) is 10.3. The van der Waals surface area contributed by atoms with E-state index in [9.17, 15) is 4.79 Å². The standard InChI is InChI=1S/C10H18NO2.C2H3O2.Zn/c11-10(8-9(12)13)6-4-2-1-3-5-7-10;1-2(3)4;/h11H,1-8H2,(H,12,13);1H2,(H,3,4);/q2*-1;+2. The molecule has 0 aromatic rings. The quantitative estimate of drug-likeness (QED) is 0.605. The monoisotopic (exact) mass is 307 g/mol. The van der Waals surface area contributed by atoms with E-state index in [1.165, 1.54) is 19.3 Å². The summed E-state index contributed by atoms with van der Waals surface area (Å²) in [6.45, 7) is 2.56. The zero-order chi connectivity index (χ0) is 13.3. The first-order valence-electron chi connectivity index (χ1n) is 5.87. The molecule has 0 radical (unpaired) electrons. The summed E-state index contributed by atoms with van der Waals surface area (Å²) in [4.78, 5) is 19.4. The Morgan fingerprint density at radius 1 is 1.06 bits per heavy atom. The molecule has 1 saturated carbocycles. The van der Waals surface area contributed by atoms with Crippen LogP contribution in [-0.4, -0.2) is 27.7 Å². The molecule has 0 aliphatic heterocycles. The minimum Gasteiger partial charge on any atom is -0.671 e. The van der Waals surface area contributed by atoms with E-state index in [-0.39, 0.29) is 25.9 Å². The van der Waals surface area contributed by atoms with Gasteiger partial charge in [0.15, 0.2) is 5.97 Å². The molecule has 3 N–H and O–H groups in total. The Morgan fingerprint density at radius 3 is 1.72 bits per heavy atom. The maximum atomic E-state index is 10.6. The summed E-state index contributed by atoms with van der Waals surface area (Å²) >= 11 is 0. The summed E-state index contributed by atoms with van der Waals surface area (Å²) in [7, 11) is 0. The number of hydrogen-bond donors (Lipinski definition) is 2. The Morgan fingerprint density at radius 2 is 1.39 bits per heavy atom. The Hall–Kier alpha value is -0.607. The molecule has 1 aliphatic rings. The van der Waals surface area contributed by atoms with Gasteiger partial charge < -0.3 is 15.9 Å². The molecule has 0 aromatic carbocycles. The van der Waals surface area contributed by atoms with E-state index in [1.807, 2.05) is 0 Å². The first kappa shape index (κ1) is 19.7. The molecular formula is C12H21NO4Zn. The van der Waals surface area contributed by atoms with Crippen molar-refractivity contribution in [2.24, 2.45) is 0 Å². The van der Waals surface area contributed by atoms with Crippen molar-refractivity contribution in [2.75, 3.05) is 0 Å². The number of carboxylic acids is 2. The van der Waals surface area contributed by atoms with Crippen molar-refractivity contribution in [3.8, 4) is 0 Å². The van der Waals surface area contributed by atoms with Crippen molar-refractivity contribution in [3.05, 3.63) is 12.7 Å². The summed E-state index contributed by atoms with van der Waals surface area (Å²) in [5, 5.41) is 16.0. The van der Waals surface area contributed by atoms with Gasteiger partial charge in [-0.05, 0) is 0 Å². The van der Waals surface area contributed by atoms with Crippen molar-refractivity contribution in [1.29, 1.82) is 0 Å². The summed E-state index contributed by atoms with van der Waals surface area (Å²) in [6, 6.07) is 0. The van der Waals surface area contributed by atoms with E-state index >= 15 is 0 Å². The number of hydrogen-bond acceptors (Lipinski definition) is 2. The van der Waals surface area contributed by atoms with E-state index in [4.69, 9.17) is 20.7 Å². The fourth-order valence-corrected chi connectivity index (χ4v) is 2.05. The van der Waals surface area contributed by atoms with E-state index in [2.05, 4.69) is 6.92 Å². The maximum absolute atomic E-state index is 10.6. The summed E-state index contributed by atoms with van der Waals surface area (Å²) in [5.74, 6) is -1.91. The molecule has 5 nitrogen and oxygen atoms in total.